The van der Waals surface area contributed by atoms with Crippen LogP contribution in [-0.4, -0.2) is 16.8 Å². The van der Waals surface area contributed by atoms with E-state index in [0.29, 0.717) is 0 Å². The first-order valence-corrected chi connectivity index (χ1v) is 7.18. The van der Waals surface area contributed by atoms with Gasteiger partial charge >= 0.3 is 0 Å². The van der Waals surface area contributed by atoms with Crippen LogP contribution in [0.3, 0.4) is 0 Å². The zero-order valence-corrected chi connectivity index (χ0v) is 12.4. The molecule has 1 nitrogen and oxygen atoms in total. The normalized spacial score (nSPS) is 12.8. The first kappa shape index (κ1) is 13.8. The van der Waals surface area contributed by atoms with Crippen molar-refractivity contribution in [3.8, 4) is 0 Å². The maximum absolute atomic E-state index is 3.54. The van der Waals surface area contributed by atoms with E-state index in [4.69, 9.17) is 0 Å². The molecule has 0 heterocycles. The quantitative estimate of drug-likeness (QED) is 0.611. The van der Waals surface area contributed by atoms with Gasteiger partial charge in [0.2, 0.25) is 0 Å². The SMILES string of the molecule is CCCCC([SiH3])=C(CCCC)NCC. The van der Waals surface area contributed by atoms with Crippen molar-refractivity contribution >= 4 is 10.2 Å². The summed E-state index contributed by atoms with van der Waals surface area (Å²) in [5, 5.41) is 5.25. The Kier molecular flexibility index (Phi) is 9.16. The van der Waals surface area contributed by atoms with E-state index in [2.05, 4.69) is 26.1 Å². The number of rotatable bonds is 8. The number of hydrogen-bond acceptors (Lipinski definition) is 1. The molecule has 0 atom stereocenters. The van der Waals surface area contributed by atoms with Crippen molar-refractivity contribution < 1.29 is 0 Å². The second-order valence-corrected chi connectivity index (χ2v) is 5.20. The van der Waals surface area contributed by atoms with Crippen LogP contribution in [0.25, 0.3) is 0 Å². The minimum absolute atomic E-state index is 1.08. The van der Waals surface area contributed by atoms with E-state index < -0.39 is 0 Å². The summed E-state index contributed by atoms with van der Waals surface area (Å²) in [5.74, 6) is 0. The number of unbranched alkanes of at least 4 members (excludes halogenated alkanes) is 2. The topological polar surface area (TPSA) is 12.0 Å². The molecule has 0 aromatic carbocycles. The second kappa shape index (κ2) is 9.32. The van der Waals surface area contributed by atoms with Crippen LogP contribution in [0, 0.1) is 0 Å². The lowest BCUT2D eigenvalue weighted by molar-refractivity contribution is 0.697. The molecule has 0 spiro atoms. The zero-order valence-electron chi connectivity index (χ0n) is 10.4. The predicted octanol–water partition coefficient (Wildman–Crippen LogP) is 2.55. The molecule has 0 aliphatic carbocycles. The molecule has 0 aromatic rings. The van der Waals surface area contributed by atoms with Gasteiger partial charge in [0.1, 0.15) is 0 Å². The highest BCUT2D eigenvalue weighted by molar-refractivity contribution is 6.21. The molecule has 0 radical (unpaired) electrons. The van der Waals surface area contributed by atoms with E-state index in [1.54, 1.807) is 10.9 Å². The summed E-state index contributed by atoms with van der Waals surface area (Å²) in [7, 11) is 1.23. The summed E-state index contributed by atoms with van der Waals surface area (Å²) < 4.78 is 0. The minimum atomic E-state index is 1.08. The van der Waals surface area contributed by atoms with Gasteiger partial charge in [0.15, 0.2) is 0 Å². The van der Waals surface area contributed by atoms with Crippen LogP contribution in [0.1, 0.15) is 59.3 Å². The Balaban J connectivity index is 4.10. The van der Waals surface area contributed by atoms with E-state index in [1.165, 1.54) is 48.8 Å². The van der Waals surface area contributed by atoms with E-state index in [9.17, 15) is 0 Å². The van der Waals surface area contributed by atoms with Crippen molar-refractivity contribution in [3.63, 3.8) is 0 Å². The van der Waals surface area contributed by atoms with Crippen molar-refractivity contribution in [2.45, 2.75) is 59.3 Å². The third-order valence-electron chi connectivity index (χ3n) is 2.59. The van der Waals surface area contributed by atoms with Crippen molar-refractivity contribution in [1.29, 1.82) is 0 Å². The summed E-state index contributed by atoms with van der Waals surface area (Å²) in [6.07, 6.45) is 7.91. The minimum Gasteiger partial charge on any atom is -0.389 e. The third-order valence-corrected chi connectivity index (χ3v) is 3.69. The summed E-state index contributed by atoms with van der Waals surface area (Å²) in [4.78, 5) is 0. The van der Waals surface area contributed by atoms with Gasteiger partial charge in [-0.3, -0.25) is 0 Å². The molecule has 2 heteroatoms. The maximum atomic E-state index is 3.54. The standard InChI is InChI=1S/C12H27NSi/c1-4-7-9-11(13-6-3)12(14)10-8-5-2/h13H,4-10H2,1-3,14H3. The lowest BCUT2D eigenvalue weighted by atomic mass is 10.1. The fraction of sp³-hybridized carbons (Fsp3) is 0.833. The number of nitrogens with one attached hydrogen (secondary N) is 1. The van der Waals surface area contributed by atoms with Crippen LogP contribution in [-0.2, 0) is 0 Å². The van der Waals surface area contributed by atoms with Crippen LogP contribution in [0.5, 0.6) is 0 Å². The Morgan fingerprint density at radius 2 is 1.57 bits per heavy atom. The maximum Gasteiger partial charge on any atom is 0.0355 e. The highest BCUT2D eigenvalue weighted by atomic mass is 28.1. The van der Waals surface area contributed by atoms with E-state index >= 15 is 0 Å². The molecule has 14 heavy (non-hydrogen) atoms. The number of allylic oxidation sites excluding steroid dienone is 2. The van der Waals surface area contributed by atoms with Gasteiger partial charge in [0, 0.05) is 22.5 Å². The predicted molar refractivity (Wildman–Crippen MR) is 69.7 cm³/mol. The van der Waals surface area contributed by atoms with E-state index in [1.807, 2.05) is 0 Å². The van der Waals surface area contributed by atoms with Crippen LogP contribution in [0.2, 0.25) is 0 Å². The average Bonchev–Trinajstić information content (AvgIpc) is 2.20. The van der Waals surface area contributed by atoms with E-state index in [0.717, 1.165) is 6.54 Å². The molecule has 0 fully saturated rings. The summed E-state index contributed by atoms with van der Waals surface area (Å²) >= 11 is 0. The Morgan fingerprint density at radius 3 is 2.07 bits per heavy atom. The fourth-order valence-electron chi connectivity index (χ4n) is 1.61. The van der Waals surface area contributed by atoms with Gasteiger partial charge in [-0.25, -0.2) is 0 Å². The largest absolute Gasteiger partial charge is 0.389 e. The van der Waals surface area contributed by atoms with Crippen molar-refractivity contribution in [3.05, 3.63) is 10.9 Å². The van der Waals surface area contributed by atoms with Gasteiger partial charge in [-0.1, -0.05) is 38.3 Å². The molecule has 0 unspecified atom stereocenters. The molecule has 0 aliphatic heterocycles. The first-order chi connectivity index (χ1) is 6.76. The molecule has 0 aliphatic rings. The van der Waals surface area contributed by atoms with Crippen LogP contribution < -0.4 is 5.32 Å². The highest BCUT2D eigenvalue weighted by Crippen LogP contribution is 2.12. The highest BCUT2D eigenvalue weighted by Gasteiger charge is 2.00. The summed E-state index contributed by atoms with van der Waals surface area (Å²) in [6, 6.07) is 0. The van der Waals surface area contributed by atoms with E-state index in [-0.39, 0.29) is 0 Å². The Labute approximate surface area is 92.8 Å². The Hall–Kier alpha value is -0.243. The second-order valence-electron chi connectivity index (χ2n) is 4.00. The smallest absolute Gasteiger partial charge is 0.0355 e. The number of hydrogen-bond donors (Lipinski definition) is 1. The Morgan fingerprint density at radius 1 is 1.00 bits per heavy atom. The molecule has 0 saturated heterocycles. The Bertz CT molecular complexity index is 164. The van der Waals surface area contributed by atoms with Crippen molar-refractivity contribution in [1.82, 2.24) is 5.32 Å². The molecule has 1 N–H and O–H groups in total. The molecular formula is C12H27NSi. The van der Waals surface area contributed by atoms with Crippen LogP contribution in [0.15, 0.2) is 10.9 Å². The van der Waals surface area contributed by atoms with Gasteiger partial charge in [-0.15, -0.1) is 0 Å². The lowest BCUT2D eigenvalue weighted by Gasteiger charge is -2.13. The first-order valence-electron chi connectivity index (χ1n) is 6.18. The van der Waals surface area contributed by atoms with Crippen LogP contribution >= 0.6 is 0 Å². The molecule has 0 amide bonds. The molecule has 84 valence electrons. The van der Waals surface area contributed by atoms with Gasteiger partial charge in [0.25, 0.3) is 0 Å². The fourth-order valence-corrected chi connectivity index (χ4v) is 2.39. The molecular weight excluding hydrogens is 186 g/mol. The average molecular weight is 213 g/mol. The monoisotopic (exact) mass is 213 g/mol. The van der Waals surface area contributed by atoms with Gasteiger partial charge in [0.05, 0.1) is 0 Å². The van der Waals surface area contributed by atoms with Gasteiger partial charge < -0.3 is 5.32 Å². The molecule has 0 aromatic heterocycles. The molecule has 0 bridgehead atoms. The van der Waals surface area contributed by atoms with Crippen LogP contribution in [0.4, 0.5) is 0 Å². The zero-order chi connectivity index (χ0) is 10.8. The van der Waals surface area contributed by atoms with Crippen molar-refractivity contribution in [2.24, 2.45) is 0 Å². The molecule has 0 rings (SSSR count). The lowest BCUT2D eigenvalue weighted by Crippen LogP contribution is -2.15. The van der Waals surface area contributed by atoms with Gasteiger partial charge in [-0.05, 0) is 26.2 Å². The molecule has 0 saturated carbocycles. The third kappa shape index (κ3) is 6.25. The van der Waals surface area contributed by atoms with Crippen molar-refractivity contribution in [2.75, 3.05) is 6.54 Å². The van der Waals surface area contributed by atoms with Gasteiger partial charge in [-0.2, -0.15) is 0 Å². The summed E-state index contributed by atoms with van der Waals surface area (Å²) in [6.45, 7) is 7.81. The summed E-state index contributed by atoms with van der Waals surface area (Å²) in [5.41, 5.74) is 1.56.